The number of hydrogen-bond donors (Lipinski definition) is 2. The van der Waals surface area contributed by atoms with E-state index in [9.17, 15) is 14.4 Å². The number of nitrogens with one attached hydrogen (secondary N) is 2. The predicted octanol–water partition coefficient (Wildman–Crippen LogP) is 2.56. The lowest BCUT2D eigenvalue weighted by molar-refractivity contribution is -0.124. The maximum absolute atomic E-state index is 13.0. The third kappa shape index (κ3) is 6.79. The molecule has 1 atom stereocenters. The summed E-state index contributed by atoms with van der Waals surface area (Å²) in [4.78, 5) is 41.1. The molecule has 0 spiro atoms. The minimum absolute atomic E-state index is 0.0197. The van der Waals surface area contributed by atoms with Crippen molar-refractivity contribution in [2.24, 2.45) is 5.92 Å². The molecule has 1 aliphatic heterocycles. The van der Waals surface area contributed by atoms with Crippen molar-refractivity contribution in [2.45, 2.75) is 25.3 Å². The van der Waals surface area contributed by atoms with Crippen LogP contribution in [0.25, 0.3) is 0 Å². The number of amides is 3. The van der Waals surface area contributed by atoms with E-state index < -0.39 is 6.04 Å². The molecule has 1 aromatic heterocycles. The van der Waals surface area contributed by atoms with E-state index >= 15 is 0 Å². The van der Waals surface area contributed by atoms with Gasteiger partial charge in [0.25, 0.3) is 11.8 Å². The van der Waals surface area contributed by atoms with Crippen LogP contribution in [-0.4, -0.2) is 69.1 Å². The highest BCUT2D eigenvalue weighted by atomic mass is 32.1. The highest BCUT2D eigenvalue weighted by Crippen LogP contribution is 2.24. The van der Waals surface area contributed by atoms with Crippen molar-refractivity contribution in [1.82, 2.24) is 15.5 Å². The zero-order chi connectivity index (χ0) is 23.6. The first-order chi connectivity index (χ1) is 16.0. The minimum atomic E-state index is -0.680. The molecule has 1 fully saturated rings. The van der Waals surface area contributed by atoms with Crippen molar-refractivity contribution in [1.29, 1.82) is 0 Å². The van der Waals surface area contributed by atoms with Gasteiger partial charge in [-0.1, -0.05) is 6.07 Å². The highest BCUT2D eigenvalue weighted by Gasteiger charge is 2.34. The van der Waals surface area contributed by atoms with Crippen molar-refractivity contribution in [3.05, 3.63) is 52.2 Å². The highest BCUT2D eigenvalue weighted by molar-refractivity contribution is 7.12. The molecule has 2 heterocycles. The molecule has 2 N–H and O–H groups in total. The number of carbonyl (C=O) groups is 3. The Morgan fingerprint density at radius 1 is 1.12 bits per heavy atom. The van der Waals surface area contributed by atoms with Crippen LogP contribution in [0.5, 0.6) is 5.75 Å². The topological polar surface area (TPSA) is 97.0 Å². The Kier molecular flexibility index (Phi) is 9.26. The van der Waals surface area contributed by atoms with Gasteiger partial charge in [-0.15, -0.1) is 11.3 Å². The lowest BCUT2D eigenvalue weighted by Gasteiger charge is -2.35. The van der Waals surface area contributed by atoms with E-state index in [0.717, 1.165) is 0 Å². The van der Waals surface area contributed by atoms with Crippen LogP contribution in [0.2, 0.25) is 0 Å². The number of thiophene rings is 1. The Hall–Kier alpha value is -2.91. The van der Waals surface area contributed by atoms with E-state index in [0.29, 0.717) is 61.7 Å². The van der Waals surface area contributed by atoms with Crippen molar-refractivity contribution in [3.8, 4) is 5.75 Å². The smallest absolute Gasteiger partial charge is 0.263 e. The number of ether oxygens (including phenoxy) is 2. The Bertz CT molecular complexity index is 909. The van der Waals surface area contributed by atoms with Gasteiger partial charge in [-0.2, -0.15) is 0 Å². The fraction of sp³-hybridized carbons (Fsp3) is 0.458. The summed E-state index contributed by atoms with van der Waals surface area (Å²) in [5, 5.41) is 7.73. The van der Waals surface area contributed by atoms with Gasteiger partial charge in [0.2, 0.25) is 5.91 Å². The fourth-order valence-corrected chi connectivity index (χ4v) is 4.59. The first kappa shape index (κ1) is 24.7. The molecular weight excluding hydrogens is 442 g/mol. The van der Waals surface area contributed by atoms with Gasteiger partial charge in [0.15, 0.2) is 0 Å². The van der Waals surface area contributed by atoms with Gasteiger partial charge in [0.05, 0.1) is 12.0 Å². The molecule has 1 aliphatic rings. The minimum Gasteiger partial charge on any atom is -0.497 e. The summed E-state index contributed by atoms with van der Waals surface area (Å²) < 4.78 is 10.2. The molecule has 0 aliphatic carbocycles. The predicted molar refractivity (Wildman–Crippen MR) is 127 cm³/mol. The average molecular weight is 474 g/mol. The molecule has 0 radical (unpaired) electrons. The van der Waals surface area contributed by atoms with E-state index in [1.54, 1.807) is 38.5 Å². The van der Waals surface area contributed by atoms with Gasteiger partial charge < -0.3 is 25.0 Å². The van der Waals surface area contributed by atoms with Gasteiger partial charge in [0, 0.05) is 38.9 Å². The standard InChI is InChI=1S/C24H31N3O5S/c1-31-15-4-12-25-23(29)21(26-22(28)18-6-8-19(32-2)9-7-18)17-10-13-27(14-11-17)24(30)20-5-3-16-33-20/h3,5-9,16-17,21H,4,10-15H2,1-2H3,(H,25,29)(H,26,28). The molecule has 178 valence electrons. The van der Waals surface area contributed by atoms with Crippen molar-refractivity contribution in [3.63, 3.8) is 0 Å². The largest absolute Gasteiger partial charge is 0.497 e. The molecule has 9 heteroatoms. The number of hydrogen-bond acceptors (Lipinski definition) is 6. The summed E-state index contributed by atoms with van der Waals surface area (Å²) in [6.45, 7) is 2.12. The fourth-order valence-electron chi connectivity index (χ4n) is 3.89. The van der Waals surface area contributed by atoms with Gasteiger partial charge in [-0.25, -0.2) is 0 Å². The molecule has 1 unspecified atom stereocenters. The first-order valence-electron chi connectivity index (χ1n) is 11.1. The van der Waals surface area contributed by atoms with Crippen molar-refractivity contribution in [2.75, 3.05) is 40.5 Å². The van der Waals surface area contributed by atoms with E-state index in [2.05, 4.69) is 10.6 Å². The van der Waals surface area contributed by atoms with Gasteiger partial charge >= 0.3 is 0 Å². The van der Waals surface area contributed by atoms with Crippen LogP contribution >= 0.6 is 11.3 Å². The average Bonchev–Trinajstić information content (AvgIpc) is 3.40. The number of nitrogens with zero attached hydrogens (tertiary/aromatic N) is 1. The number of methoxy groups -OCH3 is 2. The summed E-state index contributed by atoms with van der Waals surface area (Å²) in [7, 11) is 3.18. The monoisotopic (exact) mass is 473 g/mol. The Morgan fingerprint density at radius 2 is 1.85 bits per heavy atom. The first-order valence-corrected chi connectivity index (χ1v) is 12.0. The van der Waals surface area contributed by atoms with E-state index in [-0.39, 0.29) is 23.6 Å². The van der Waals surface area contributed by atoms with Crippen LogP contribution in [0, 0.1) is 5.92 Å². The molecule has 8 nitrogen and oxygen atoms in total. The van der Waals surface area contributed by atoms with Gasteiger partial charge in [0.1, 0.15) is 11.8 Å². The zero-order valence-corrected chi connectivity index (χ0v) is 19.9. The summed E-state index contributed by atoms with van der Waals surface area (Å²) in [6, 6.07) is 9.77. The molecule has 0 saturated carbocycles. The molecule has 33 heavy (non-hydrogen) atoms. The quantitative estimate of drug-likeness (QED) is 0.517. The maximum Gasteiger partial charge on any atom is 0.263 e. The SMILES string of the molecule is COCCCNC(=O)C(NC(=O)c1ccc(OC)cc1)C1CCN(C(=O)c2cccs2)CC1. The number of likely N-dealkylation sites (tertiary alicyclic amines) is 1. The summed E-state index contributed by atoms with van der Waals surface area (Å²) in [5.41, 5.74) is 0.457. The van der Waals surface area contributed by atoms with Crippen molar-refractivity contribution < 1.29 is 23.9 Å². The molecule has 3 rings (SSSR count). The van der Waals surface area contributed by atoms with Crippen LogP contribution in [0.15, 0.2) is 41.8 Å². The maximum atomic E-state index is 13.0. The zero-order valence-electron chi connectivity index (χ0n) is 19.0. The number of rotatable bonds is 10. The Morgan fingerprint density at radius 3 is 2.45 bits per heavy atom. The van der Waals surface area contributed by atoms with Crippen LogP contribution in [0.4, 0.5) is 0 Å². The lowest BCUT2D eigenvalue weighted by Crippen LogP contribution is -2.54. The summed E-state index contributed by atoms with van der Waals surface area (Å²) >= 11 is 1.43. The molecule has 0 bridgehead atoms. The molecule has 1 saturated heterocycles. The second-order valence-electron chi connectivity index (χ2n) is 7.92. The normalized spacial score (nSPS) is 15.0. The molecule has 2 aromatic rings. The van der Waals surface area contributed by atoms with Gasteiger partial charge in [-0.05, 0) is 60.9 Å². The number of benzene rings is 1. The number of piperidine rings is 1. The Balaban J connectivity index is 1.65. The molecule has 3 amide bonds. The van der Waals surface area contributed by atoms with Crippen LogP contribution in [0.3, 0.4) is 0 Å². The van der Waals surface area contributed by atoms with Crippen LogP contribution in [-0.2, 0) is 9.53 Å². The van der Waals surface area contributed by atoms with Gasteiger partial charge in [-0.3, -0.25) is 14.4 Å². The summed E-state index contributed by atoms with van der Waals surface area (Å²) in [5.74, 6) is 0.0813. The second-order valence-corrected chi connectivity index (χ2v) is 8.87. The van der Waals surface area contributed by atoms with Crippen molar-refractivity contribution >= 4 is 29.1 Å². The van der Waals surface area contributed by atoms with Crippen LogP contribution < -0.4 is 15.4 Å². The summed E-state index contributed by atoms with van der Waals surface area (Å²) in [6.07, 6.45) is 1.96. The number of carbonyl (C=O) groups excluding carboxylic acids is 3. The molecular formula is C24H31N3O5S. The third-order valence-corrected chi connectivity index (χ3v) is 6.63. The van der Waals surface area contributed by atoms with Crippen LogP contribution in [0.1, 0.15) is 39.3 Å². The molecule has 1 aromatic carbocycles. The second kappa shape index (κ2) is 12.4. The third-order valence-electron chi connectivity index (χ3n) is 5.78. The van der Waals surface area contributed by atoms with E-state index in [1.165, 1.54) is 11.3 Å². The van der Waals surface area contributed by atoms with E-state index in [4.69, 9.17) is 9.47 Å². The lowest BCUT2D eigenvalue weighted by atomic mass is 9.88. The Labute approximate surface area is 198 Å². The van der Waals surface area contributed by atoms with E-state index in [1.807, 2.05) is 22.4 Å².